The minimum atomic E-state index is -0.237. The van der Waals surface area contributed by atoms with Gasteiger partial charge in [-0.25, -0.2) is 4.98 Å². The smallest absolute Gasteiger partial charge is 0.272 e. The summed E-state index contributed by atoms with van der Waals surface area (Å²) in [7, 11) is 1.64. The molecule has 2 aromatic rings. The second-order valence-electron chi connectivity index (χ2n) is 5.68. The number of halogens is 2. The molecule has 1 saturated heterocycles. The predicted molar refractivity (Wildman–Crippen MR) is 103 cm³/mol. The van der Waals surface area contributed by atoms with Crippen molar-refractivity contribution in [3.05, 3.63) is 42.1 Å². The number of pyridine rings is 1. The van der Waals surface area contributed by atoms with Crippen molar-refractivity contribution < 1.29 is 9.59 Å². The molecule has 2 amide bonds. The molecule has 1 aromatic carbocycles. The van der Waals surface area contributed by atoms with Gasteiger partial charge in [-0.2, -0.15) is 0 Å². The van der Waals surface area contributed by atoms with Gasteiger partial charge in [-0.05, 0) is 12.1 Å². The van der Waals surface area contributed by atoms with Crippen LogP contribution in [0.4, 0.5) is 0 Å². The largest absolute Gasteiger partial charge is 0.339 e. The van der Waals surface area contributed by atoms with Crippen molar-refractivity contribution >= 4 is 47.5 Å². The fraction of sp³-hybridized carbons (Fsp3) is 0.353. The van der Waals surface area contributed by atoms with Crippen LogP contribution in [-0.4, -0.2) is 66.4 Å². The second-order valence-corrected chi connectivity index (χ2v) is 5.68. The summed E-state index contributed by atoms with van der Waals surface area (Å²) in [6.45, 7) is 3.06. The van der Waals surface area contributed by atoms with E-state index in [9.17, 15) is 9.59 Å². The van der Waals surface area contributed by atoms with Gasteiger partial charge in [0.2, 0.25) is 5.91 Å². The zero-order chi connectivity index (χ0) is 16.2. The van der Waals surface area contributed by atoms with Gasteiger partial charge in [-0.1, -0.05) is 24.3 Å². The third kappa shape index (κ3) is 5.04. The van der Waals surface area contributed by atoms with E-state index >= 15 is 0 Å². The number of rotatable bonds is 3. The lowest BCUT2D eigenvalue weighted by Crippen LogP contribution is -2.49. The first-order valence-electron chi connectivity index (χ1n) is 7.75. The van der Waals surface area contributed by atoms with Gasteiger partial charge in [0.15, 0.2) is 0 Å². The maximum absolute atomic E-state index is 12.5. The van der Waals surface area contributed by atoms with E-state index in [1.165, 1.54) is 4.90 Å². The molecule has 8 heteroatoms. The number of carbonyl (C=O) groups is 2. The number of para-hydroxylation sites is 1. The SMILES string of the molecule is CN(CC(=O)N1CCNCC1)C(=O)c1ccc2ccccc2n1.Cl.Cl. The third-order valence-corrected chi connectivity index (χ3v) is 4.01. The van der Waals surface area contributed by atoms with E-state index in [1.807, 2.05) is 30.3 Å². The number of nitrogens with zero attached hydrogens (tertiary/aromatic N) is 3. The molecule has 1 N–H and O–H groups in total. The number of amides is 2. The molecule has 0 unspecified atom stereocenters. The van der Waals surface area contributed by atoms with Gasteiger partial charge >= 0.3 is 0 Å². The van der Waals surface area contributed by atoms with E-state index < -0.39 is 0 Å². The zero-order valence-electron chi connectivity index (χ0n) is 14.0. The van der Waals surface area contributed by atoms with Gasteiger partial charge < -0.3 is 15.1 Å². The normalized spacial score (nSPS) is 13.6. The number of likely N-dealkylation sites (N-methyl/N-ethyl adjacent to an activating group) is 1. The Bertz CT molecular complexity index is 735. The van der Waals surface area contributed by atoms with E-state index in [2.05, 4.69) is 10.3 Å². The van der Waals surface area contributed by atoms with Gasteiger partial charge in [0.25, 0.3) is 5.91 Å². The van der Waals surface area contributed by atoms with Crippen LogP contribution in [0, 0.1) is 0 Å². The summed E-state index contributed by atoms with van der Waals surface area (Å²) < 4.78 is 0. The van der Waals surface area contributed by atoms with Crippen molar-refractivity contribution in [2.75, 3.05) is 39.8 Å². The quantitative estimate of drug-likeness (QED) is 0.872. The summed E-state index contributed by atoms with van der Waals surface area (Å²) in [5.74, 6) is -0.262. The summed E-state index contributed by atoms with van der Waals surface area (Å²) in [5.41, 5.74) is 1.14. The second kappa shape index (κ2) is 9.56. The highest BCUT2D eigenvalue weighted by molar-refractivity contribution is 5.96. The number of aromatic nitrogens is 1. The lowest BCUT2D eigenvalue weighted by molar-refractivity contribution is -0.132. The molecular formula is C17H22Cl2N4O2. The van der Waals surface area contributed by atoms with Crippen molar-refractivity contribution in [1.29, 1.82) is 0 Å². The molecular weight excluding hydrogens is 363 g/mol. The standard InChI is InChI=1S/C17H20N4O2.2ClH/c1-20(12-16(22)21-10-8-18-9-11-21)17(23)15-7-6-13-4-2-3-5-14(13)19-15;;/h2-7,18H,8-12H2,1H3;2*1H. The van der Waals surface area contributed by atoms with Gasteiger partial charge in [0.1, 0.15) is 5.69 Å². The molecule has 136 valence electrons. The lowest BCUT2D eigenvalue weighted by Gasteiger charge is -2.29. The molecule has 6 nitrogen and oxygen atoms in total. The number of benzene rings is 1. The number of carbonyl (C=O) groups excluding carboxylic acids is 2. The van der Waals surface area contributed by atoms with E-state index in [0.717, 1.165) is 24.0 Å². The Morgan fingerprint density at radius 3 is 2.52 bits per heavy atom. The van der Waals surface area contributed by atoms with E-state index in [0.29, 0.717) is 18.8 Å². The Morgan fingerprint density at radius 2 is 1.80 bits per heavy atom. The fourth-order valence-corrected chi connectivity index (χ4v) is 2.67. The van der Waals surface area contributed by atoms with Crippen molar-refractivity contribution in [2.24, 2.45) is 0 Å². The van der Waals surface area contributed by atoms with E-state index in [-0.39, 0.29) is 43.2 Å². The summed E-state index contributed by atoms with van der Waals surface area (Å²) in [6.07, 6.45) is 0. The summed E-state index contributed by atoms with van der Waals surface area (Å²) in [6, 6.07) is 11.2. The fourth-order valence-electron chi connectivity index (χ4n) is 2.67. The Hall–Kier alpha value is -1.89. The topological polar surface area (TPSA) is 65.5 Å². The first-order chi connectivity index (χ1) is 11.1. The van der Waals surface area contributed by atoms with Crippen LogP contribution in [0.3, 0.4) is 0 Å². The number of hydrogen-bond acceptors (Lipinski definition) is 4. The monoisotopic (exact) mass is 384 g/mol. The minimum Gasteiger partial charge on any atom is -0.339 e. The van der Waals surface area contributed by atoms with Crippen molar-refractivity contribution in [1.82, 2.24) is 20.1 Å². The Labute approximate surface area is 159 Å². The molecule has 1 aromatic heterocycles. The van der Waals surface area contributed by atoms with Crippen LogP contribution >= 0.6 is 24.8 Å². The molecule has 0 aliphatic carbocycles. The first-order valence-corrected chi connectivity index (χ1v) is 7.75. The number of piperazine rings is 1. The highest BCUT2D eigenvalue weighted by Crippen LogP contribution is 2.12. The van der Waals surface area contributed by atoms with Crippen LogP contribution in [-0.2, 0) is 4.79 Å². The van der Waals surface area contributed by atoms with Crippen LogP contribution < -0.4 is 5.32 Å². The van der Waals surface area contributed by atoms with Crippen LogP contribution in [0.1, 0.15) is 10.5 Å². The van der Waals surface area contributed by atoms with Crippen molar-refractivity contribution in [3.63, 3.8) is 0 Å². The van der Waals surface area contributed by atoms with Gasteiger partial charge in [0.05, 0.1) is 12.1 Å². The van der Waals surface area contributed by atoms with Crippen molar-refractivity contribution in [2.45, 2.75) is 0 Å². The van der Waals surface area contributed by atoms with Gasteiger partial charge in [-0.15, -0.1) is 24.8 Å². The number of hydrogen-bond donors (Lipinski definition) is 1. The van der Waals surface area contributed by atoms with E-state index in [4.69, 9.17) is 0 Å². The minimum absolute atomic E-state index is 0. The highest BCUT2D eigenvalue weighted by atomic mass is 35.5. The number of fused-ring (bicyclic) bond motifs is 1. The van der Waals surface area contributed by atoms with Crippen molar-refractivity contribution in [3.8, 4) is 0 Å². The number of nitrogens with one attached hydrogen (secondary N) is 1. The van der Waals surface area contributed by atoms with Crippen LogP contribution in [0.2, 0.25) is 0 Å². The summed E-state index contributed by atoms with van der Waals surface area (Å²) >= 11 is 0. The van der Waals surface area contributed by atoms with Gasteiger partial charge in [-0.3, -0.25) is 9.59 Å². The molecule has 1 aliphatic heterocycles. The van der Waals surface area contributed by atoms with Crippen LogP contribution in [0.5, 0.6) is 0 Å². The summed E-state index contributed by atoms with van der Waals surface area (Å²) in [4.78, 5) is 32.3. The average molecular weight is 385 g/mol. The maximum Gasteiger partial charge on any atom is 0.272 e. The Balaban J connectivity index is 0.00000156. The molecule has 0 radical (unpaired) electrons. The molecule has 0 bridgehead atoms. The molecule has 2 heterocycles. The first kappa shape index (κ1) is 21.2. The van der Waals surface area contributed by atoms with Crippen LogP contribution in [0.15, 0.2) is 36.4 Å². The maximum atomic E-state index is 12.5. The Kier molecular flexibility index (Phi) is 8.09. The highest BCUT2D eigenvalue weighted by Gasteiger charge is 2.21. The average Bonchev–Trinajstić information content (AvgIpc) is 2.61. The Morgan fingerprint density at radius 1 is 1.12 bits per heavy atom. The predicted octanol–water partition coefficient (Wildman–Crippen LogP) is 1.58. The summed E-state index contributed by atoms with van der Waals surface area (Å²) in [5, 5.41) is 4.19. The lowest BCUT2D eigenvalue weighted by atomic mass is 10.2. The van der Waals surface area contributed by atoms with Crippen LogP contribution in [0.25, 0.3) is 10.9 Å². The zero-order valence-corrected chi connectivity index (χ0v) is 15.6. The molecule has 1 aliphatic rings. The molecule has 3 rings (SSSR count). The molecule has 0 spiro atoms. The molecule has 1 fully saturated rings. The molecule has 0 atom stereocenters. The molecule has 25 heavy (non-hydrogen) atoms. The third-order valence-electron chi connectivity index (χ3n) is 4.01. The van der Waals surface area contributed by atoms with E-state index in [1.54, 1.807) is 18.0 Å². The molecule has 0 saturated carbocycles. The van der Waals surface area contributed by atoms with Gasteiger partial charge in [0, 0.05) is 38.6 Å².